The summed E-state index contributed by atoms with van der Waals surface area (Å²) in [6, 6.07) is 11.1. The van der Waals surface area contributed by atoms with Gasteiger partial charge in [-0.3, -0.25) is 0 Å². The molecule has 2 heteroatoms. The summed E-state index contributed by atoms with van der Waals surface area (Å²) in [5.41, 5.74) is 0.475. The summed E-state index contributed by atoms with van der Waals surface area (Å²) in [6.45, 7) is 15.0. The van der Waals surface area contributed by atoms with Gasteiger partial charge in [-0.2, -0.15) is 0 Å². The van der Waals surface area contributed by atoms with Crippen LogP contribution in [0.15, 0.2) is 35.2 Å². The van der Waals surface area contributed by atoms with Gasteiger partial charge in [0.05, 0.1) is 8.07 Å². The summed E-state index contributed by atoms with van der Waals surface area (Å²) in [7, 11) is -1.22. The predicted octanol–water partition coefficient (Wildman–Crippen LogP) is 6.63. The number of hydrogen-bond donors (Lipinski definition) is 0. The molecule has 1 aromatic carbocycles. The van der Waals surface area contributed by atoms with Crippen LogP contribution in [0.4, 0.5) is 0 Å². The summed E-state index contributed by atoms with van der Waals surface area (Å²) in [5.74, 6) is 0.901. The molecule has 1 saturated carbocycles. The van der Waals surface area contributed by atoms with Crippen LogP contribution >= 0.6 is 11.8 Å². The van der Waals surface area contributed by atoms with Crippen LogP contribution in [0.1, 0.15) is 46.5 Å². The molecule has 0 aromatic heterocycles. The lowest BCUT2D eigenvalue weighted by Crippen LogP contribution is -2.52. The smallest absolute Gasteiger partial charge is 0.0630 e. The van der Waals surface area contributed by atoms with Crippen molar-refractivity contribution >= 4 is 19.8 Å². The van der Waals surface area contributed by atoms with Crippen molar-refractivity contribution in [2.75, 3.05) is 0 Å². The van der Waals surface area contributed by atoms with Crippen molar-refractivity contribution in [3.63, 3.8) is 0 Å². The predicted molar refractivity (Wildman–Crippen MR) is 99.8 cm³/mol. The molecular weight excluding hydrogens is 288 g/mol. The van der Waals surface area contributed by atoms with Crippen LogP contribution in [0.5, 0.6) is 0 Å². The van der Waals surface area contributed by atoms with Crippen LogP contribution < -0.4 is 0 Å². The summed E-state index contributed by atoms with van der Waals surface area (Å²) < 4.78 is 0.524. The number of benzene rings is 1. The van der Waals surface area contributed by atoms with Crippen molar-refractivity contribution in [2.45, 2.75) is 75.4 Å². The van der Waals surface area contributed by atoms with Crippen LogP contribution in [0, 0.1) is 11.3 Å². The second-order valence-corrected chi connectivity index (χ2v) is 16.1. The minimum atomic E-state index is -1.22. The Labute approximate surface area is 137 Å². The average molecular weight is 321 g/mol. The fraction of sp³-hybridized carbons (Fsp3) is 0.684. The second kappa shape index (κ2) is 6.12. The molecule has 1 aliphatic rings. The maximum atomic E-state index is 2.57. The van der Waals surface area contributed by atoms with Crippen molar-refractivity contribution in [3.05, 3.63) is 30.3 Å². The van der Waals surface area contributed by atoms with E-state index in [4.69, 9.17) is 0 Å². The molecule has 0 heterocycles. The van der Waals surface area contributed by atoms with Crippen molar-refractivity contribution in [3.8, 4) is 0 Å². The summed E-state index contributed by atoms with van der Waals surface area (Å²) in [6.07, 6.45) is 5.63. The molecule has 1 aromatic rings. The van der Waals surface area contributed by atoms with Crippen LogP contribution in [-0.2, 0) is 0 Å². The Hall–Kier alpha value is -0.213. The van der Waals surface area contributed by atoms with E-state index in [1.807, 2.05) is 0 Å². The van der Waals surface area contributed by atoms with Gasteiger partial charge in [0.15, 0.2) is 0 Å². The molecule has 1 fully saturated rings. The van der Waals surface area contributed by atoms with Gasteiger partial charge in [0.2, 0.25) is 0 Å². The van der Waals surface area contributed by atoms with Crippen molar-refractivity contribution < 1.29 is 0 Å². The fourth-order valence-electron chi connectivity index (χ4n) is 3.67. The molecule has 2 rings (SSSR count). The van der Waals surface area contributed by atoms with Crippen LogP contribution in [0.25, 0.3) is 0 Å². The van der Waals surface area contributed by atoms with E-state index in [2.05, 4.69) is 82.5 Å². The quantitative estimate of drug-likeness (QED) is 0.563. The largest absolute Gasteiger partial charge is 0.123 e. The van der Waals surface area contributed by atoms with Gasteiger partial charge in [-0.05, 0) is 49.1 Å². The number of rotatable bonds is 3. The first-order chi connectivity index (χ1) is 9.64. The standard InChI is InChI=1S/C19H32SSi/c1-18(2,3)16-12-14-19(15-13-16,21(4,5)6)20-17-10-8-7-9-11-17/h7-11,16H,12-15H2,1-6H3. The Balaban J connectivity index is 2.18. The summed E-state index contributed by atoms with van der Waals surface area (Å²) in [4.78, 5) is 1.47. The van der Waals surface area contributed by atoms with Gasteiger partial charge in [-0.25, -0.2) is 0 Å². The molecule has 0 nitrogen and oxygen atoms in total. The van der Waals surface area contributed by atoms with Crippen molar-refractivity contribution in [1.29, 1.82) is 0 Å². The highest BCUT2D eigenvalue weighted by molar-refractivity contribution is 8.02. The molecule has 0 N–H and O–H groups in total. The Morgan fingerprint density at radius 3 is 1.95 bits per heavy atom. The molecule has 0 aliphatic heterocycles. The molecule has 21 heavy (non-hydrogen) atoms. The number of hydrogen-bond acceptors (Lipinski definition) is 1. The Bertz CT molecular complexity index is 445. The molecule has 0 radical (unpaired) electrons. The van der Waals surface area contributed by atoms with Crippen LogP contribution in [0.3, 0.4) is 0 Å². The van der Waals surface area contributed by atoms with Gasteiger partial charge in [0.25, 0.3) is 0 Å². The third-order valence-electron chi connectivity index (χ3n) is 5.44. The first-order valence-corrected chi connectivity index (χ1v) is 12.7. The van der Waals surface area contributed by atoms with Crippen molar-refractivity contribution in [1.82, 2.24) is 0 Å². The van der Waals surface area contributed by atoms with E-state index in [0.717, 1.165) is 5.92 Å². The lowest BCUT2D eigenvalue weighted by Gasteiger charge is -2.50. The topological polar surface area (TPSA) is 0 Å². The zero-order valence-electron chi connectivity index (χ0n) is 14.7. The highest BCUT2D eigenvalue weighted by atomic mass is 32.2. The van der Waals surface area contributed by atoms with Gasteiger partial charge >= 0.3 is 0 Å². The third kappa shape index (κ3) is 3.95. The van der Waals surface area contributed by atoms with Gasteiger partial charge < -0.3 is 0 Å². The van der Waals surface area contributed by atoms with Gasteiger partial charge in [0, 0.05) is 9.27 Å². The van der Waals surface area contributed by atoms with Crippen LogP contribution in [-0.4, -0.2) is 12.4 Å². The molecule has 0 unspecified atom stereocenters. The first-order valence-electron chi connectivity index (χ1n) is 8.38. The minimum Gasteiger partial charge on any atom is -0.123 e. The van der Waals surface area contributed by atoms with E-state index >= 15 is 0 Å². The van der Waals surface area contributed by atoms with E-state index in [1.165, 1.54) is 30.6 Å². The minimum absolute atomic E-state index is 0.475. The fourth-order valence-corrected chi connectivity index (χ4v) is 8.22. The van der Waals surface area contributed by atoms with Gasteiger partial charge in [0.1, 0.15) is 0 Å². The zero-order valence-corrected chi connectivity index (χ0v) is 16.5. The molecule has 118 valence electrons. The van der Waals surface area contributed by atoms with E-state index in [-0.39, 0.29) is 0 Å². The highest BCUT2D eigenvalue weighted by Crippen LogP contribution is 2.53. The molecule has 0 amide bonds. The molecule has 0 atom stereocenters. The summed E-state index contributed by atoms with van der Waals surface area (Å²) >= 11 is 2.19. The van der Waals surface area contributed by atoms with E-state index in [1.54, 1.807) is 0 Å². The average Bonchev–Trinajstić information content (AvgIpc) is 2.38. The Morgan fingerprint density at radius 2 is 1.52 bits per heavy atom. The maximum Gasteiger partial charge on any atom is 0.0630 e. The van der Waals surface area contributed by atoms with E-state index in [9.17, 15) is 0 Å². The third-order valence-corrected chi connectivity index (χ3v) is 12.1. The zero-order chi connectivity index (χ0) is 15.7. The van der Waals surface area contributed by atoms with E-state index in [0.29, 0.717) is 9.79 Å². The molecule has 1 aliphatic carbocycles. The first kappa shape index (κ1) is 17.1. The highest BCUT2D eigenvalue weighted by Gasteiger charge is 2.47. The van der Waals surface area contributed by atoms with Crippen LogP contribution in [0.2, 0.25) is 19.6 Å². The molecular formula is C19H32SSi. The van der Waals surface area contributed by atoms with E-state index < -0.39 is 8.07 Å². The Morgan fingerprint density at radius 1 is 1.00 bits per heavy atom. The van der Waals surface area contributed by atoms with Crippen molar-refractivity contribution in [2.24, 2.45) is 11.3 Å². The molecule has 0 bridgehead atoms. The SMILES string of the molecule is CC(C)(C)C1CCC(Sc2ccccc2)([Si](C)(C)C)CC1. The summed E-state index contributed by atoms with van der Waals surface area (Å²) in [5, 5.41) is 0. The number of thioether (sulfide) groups is 1. The normalized spacial score (nSPS) is 27.6. The second-order valence-electron chi connectivity index (χ2n) is 8.80. The van der Waals surface area contributed by atoms with Gasteiger partial charge in [-0.1, -0.05) is 58.6 Å². The maximum absolute atomic E-state index is 2.57. The van der Waals surface area contributed by atoms with Gasteiger partial charge in [-0.15, -0.1) is 11.8 Å². The Kier molecular flexibility index (Phi) is 4.99. The monoisotopic (exact) mass is 320 g/mol. The lowest BCUT2D eigenvalue weighted by molar-refractivity contribution is 0.174. The lowest BCUT2D eigenvalue weighted by atomic mass is 9.72. The molecule has 0 saturated heterocycles. The molecule has 0 spiro atoms.